The molecule has 0 amide bonds. The lowest BCUT2D eigenvalue weighted by Gasteiger charge is -2.11. The van der Waals surface area contributed by atoms with Crippen LogP contribution in [0.3, 0.4) is 0 Å². The molecule has 0 bridgehead atoms. The second-order valence-corrected chi connectivity index (χ2v) is 7.23. The highest BCUT2D eigenvalue weighted by Crippen LogP contribution is 2.35. The highest BCUT2D eigenvalue weighted by atomic mass is 32.1. The molecule has 3 rings (SSSR count). The van der Waals surface area contributed by atoms with E-state index in [1.807, 2.05) is 0 Å². The van der Waals surface area contributed by atoms with Crippen LogP contribution < -0.4 is 16.2 Å². The third kappa shape index (κ3) is 4.66. The van der Waals surface area contributed by atoms with E-state index in [0.717, 1.165) is 28.1 Å². The number of rotatable bonds is 7. The summed E-state index contributed by atoms with van der Waals surface area (Å²) in [6.45, 7) is 3.54. The van der Waals surface area contributed by atoms with E-state index in [9.17, 15) is 0 Å². The zero-order valence-corrected chi connectivity index (χ0v) is 16.3. The lowest BCUT2D eigenvalue weighted by Crippen LogP contribution is -2.39. The first-order valence-corrected chi connectivity index (χ1v) is 9.50. The van der Waals surface area contributed by atoms with Crippen LogP contribution in [0.25, 0.3) is 20.7 Å². The van der Waals surface area contributed by atoms with Crippen LogP contribution in [-0.4, -0.2) is 35.3 Å². The summed E-state index contributed by atoms with van der Waals surface area (Å²) in [6, 6.07) is 10.5. The van der Waals surface area contributed by atoms with Crippen molar-refractivity contribution in [3.63, 3.8) is 0 Å². The predicted octanol–water partition coefficient (Wildman–Crippen LogP) is 3.49. The second kappa shape index (κ2) is 8.88. The van der Waals surface area contributed by atoms with Gasteiger partial charge in [-0.3, -0.25) is 10.9 Å². The second-order valence-electron chi connectivity index (χ2n) is 5.77. The summed E-state index contributed by atoms with van der Waals surface area (Å²) >= 11 is 6.91. The number of hydrogen-bond donors (Lipinski definition) is 3. The van der Waals surface area contributed by atoms with E-state index < -0.39 is 0 Å². The van der Waals surface area contributed by atoms with Crippen LogP contribution in [-0.2, 0) is 4.74 Å². The number of hydrazine groups is 1. The van der Waals surface area contributed by atoms with Gasteiger partial charge in [-0.15, -0.1) is 11.3 Å². The topological polar surface area (TPSA) is 71.1 Å². The Morgan fingerprint density at radius 3 is 2.96 bits per heavy atom. The van der Waals surface area contributed by atoms with E-state index >= 15 is 0 Å². The van der Waals surface area contributed by atoms with E-state index in [4.69, 9.17) is 17.0 Å². The van der Waals surface area contributed by atoms with Crippen molar-refractivity contribution in [3.05, 3.63) is 42.2 Å². The maximum absolute atomic E-state index is 5.26. The molecule has 8 heteroatoms. The Kier molecular flexibility index (Phi) is 6.32. The van der Waals surface area contributed by atoms with Gasteiger partial charge in [0.25, 0.3) is 0 Å². The Morgan fingerprint density at radius 1 is 1.27 bits per heavy atom. The van der Waals surface area contributed by atoms with Crippen molar-refractivity contribution in [1.82, 2.24) is 20.7 Å². The number of fused-ring (bicyclic) bond motifs is 1. The zero-order valence-electron chi connectivity index (χ0n) is 14.7. The van der Waals surface area contributed by atoms with Crippen molar-refractivity contribution in [2.45, 2.75) is 13.3 Å². The first kappa shape index (κ1) is 18.5. The molecule has 0 unspecified atom stereocenters. The van der Waals surface area contributed by atoms with E-state index in [1.165, 1.54) is 11.1 Å². The van der Waals surface area contributed by atoms with Crippen molar-refractivity contribution in [3.8, 4) is 10.4 Å². The van der Waals surface area contributed by atoms with Crippen LogP contribution in [0.5, 0.6) is 0 Å². The Morgan fingerprint density at radius 2 is 2.15 bits per heavy atom. The molecule has 0 saturated carbocycles. The Bertz CT molecular complexity index is 896. The number of nitrogens with zero attached hydrogens (tertiary/aromatic N) is 2. The monoisotopic (exact) mass is 387 g/mol. The van der Waals surface area contributed by atoms with Crippen molar-refractivity contribution in [2.24, 2.45) is 0 Å². The molecule has 0 radical (unpaired) electrons. The summed E-state index contributed by atoms with van der Waals surface area (Å²) in [5.41, 5.74) is 9.37. The maximum Gasteiger partial charge on any atom is 0.185 e. The number of thiophene rings is 1. The zero-order chi connectivity index (χ0) is 18.4. The Labute approximate surface area is 162 Å². The molecule has 2 aromatic heterocycles. The largest absolute Gasteiger partial charge is 0.385 e. The standard InChI is InChI=1S/C18H21N5OS2/c1-12-5-3-6-13(9-12)15-10-14-16(26-15)17(21-11-20-14)22-23-18(25)19-7-4-8-24-2/h3,5-6,9-11H,4,7-8H2,1-2H3,(H2,19,23,25)(H,20,21,22). The number of anilines is 1. The van der Waals surface area contributed by atoms with Crippen LogP contribution in [0.1, 0.15) is 12.0 Å². The molecule has 0 aliphatic carbocycles. The van der Waals surface area contributed by atoms with Crippen molar-refractivity contribution in [2.75, 3.05) is 25.7 Å². The summed E-state index contributed by atoms with van der Waals surface area (Å²) in [5.74, 6) is 0.708. The molecule has 0 aliphatic rings. The van der Waals surface area contributed by atoms with E-state index in [1.54, 1.807) is 24.8 Å². The number of aromatic nitrogens is 2. The van der Waals surface area contributed by atoms with Gasteiger partial charge in [0.15, 0.2) is 10.9 Å². The fourth-order valence-electron chi connectivity index (χ4n) is 2.46. The number of hydrogen-bond acceptors (Lipinski definition) is 6. The molecule has 0 aliphatic heterocycles. The molecule has 1 aromatic carbocycles. The number of methoxy groups -OCH3 is 1. The molecule has 0 atom stereocenters. The van der Waals surface area contributed by atoms with Crippen LogP contribution in [0.2, 0.25) is 0 Å². The molecule has 0 spiro atoms. The fraction of sp³-hybridized carbons (Fsp3) is 0.278. The van der Waals surface area contributed by atoms with Crippen molar-refractivity contribution >= 4 is 44.7 Å². The van der Waals surface area contributed by atoms with E-state index in [2.05, 4.69) is 63.4 Å². The fourth-order valence-corrected chi connectivity index (χ4v) is 3.67. The lowest BCUT2D eigenvalue weighted by molar-refractivity contribution is 0.195. The van der Waals surface area contributed by atoms with E-state index in [-0.39, 0.29) is 0 Å². The minimum Gasteiger partial charge on any atom is -0.385 e. The van der Waals surface area contributed by atoms with Crippen LogP contribution in [0.15, 0.2) is 36.7 Å². The van der Waals surface area contributed by atoms with Crippen LogP contribution in [0, 0.1) is 6.92 Å². The van der Waals surface area contributed by atoms with Gasteiger partial charge >= 0.3 is 0 Å². The average Bonchev–Trinajstić information content (AvgIpc) is 3.08. The van der Waals surface area contributed by atoms with Gasteiger partial charge in [-0.05, 0) is 37.2 Å². The Hall–Kier alpha value is -2.29. The number of benzene rings is 1. The minimum atomic E-state index is 0.517. The molecule has 136 valence electrons. The normalized spacial score (nSPS) is 10.7. The Balaban J connectivity index is 1.70. The summed E-state index contributed by atoms with van der Waals surface area (Å²) in [4.78, 5) is 9.87. The third-order valence-corrected chi connectivity index (χ3v) is 5.15. The molecule has 26 heavy (non-hydrogen) atoms. The van der Waals surface area contributed by atoms with Gasteiger partial charge in [0.1, 0.15) is 6.33 Å². The van der Waals surface area contributed by atoms with Crippen molar-refractivity contribution in [1.29, 1.82) is 0 Å². The number of ether oxygens (including phenoxy) is 1. The molecular formula is C18H21N5OS2. The predicted molar refractivity (Wildman–Crippen MR) is 111 cm³/mol. The van der Waals surface area contributed by atoms with Crippen molar-refractivity contribution < 1.29 is 4.74 Å². The smallest absolute Gasteiger partial charge is 0.185 e. The number of aryl methyl sites for hydroxylation is 1. The minimum absolute atomic E-state index is 0.517. The molecular weight excluding hydrogens is 366 g/mol. The number of nitrogens with one attached hydrogen (secondary N) is 3. The van der Waals surface area contributed by atoms with E-state index in [0.29, 0.717) is 17.5 Å². The molecule has 6 nitrogen and oxygen atoms in total. The van der Waals surface area contributed by atoms with Gasteiger partial charge in [0.2, 0.25) is 0 Å². The molecule has 3 N–H and O–H groups in total. The summed E-state index contributed by atoms with van der Waals surface area (Å²) in [5, 5.41) is 3.63. The highest BCUT2D eigenvalue weighted by Gasteiger charge is 2.10. The van der Waals surface area contributed by atoms with Gasteiger partial charge in [-0.2, -0.15) is 0 Å². The molecule has 3 aromatic rings. The SMILES string of the molecule is COCCCNC(=S)NNc1ncnc2cc(-c3cccc(C)c3)sc12. The number of thiocarbonyl (C=S) groups is 1. The first-order chi connectivity index (χ1) is 12.7. The summed E-state index contributed by atoms with van der Waals surface area (Å²) in [6.07, 6.45) is 2.44. The van der Waals surface area contributed by atoms with Gasteiger partial charge in [-0.25, -0.2) is 9.97 Å². The van der Waals surface area contributed by atoms with Gasteiger partial charge in [0.05, 0.1) is 10.2 Å². The highest BCUT2D eigenvalue weighted by molar-refractivity contribution is 7.80. The van der Waals surface area contributed by atoms with Gasteiger partial charge < -0.3 is 10.1 Å². The first-order valence-electron chi connectivity index (χ1n) is 8.28. The molecule has 2 heterocycles. The third-order valence-electron chi connectivity index (χ3n) is 3.72. The summed E-state index contributed by atoms with van der Waals surface area (Å²) in [7, 11) is 1.69. The maximum atomic E-state index is 5.26. The van der Waals surface area contributed by atoms with Crippen LogP contribution >= 0.6 is 23.6 Å². The van der Waals surface area contributed by atoms with Gasteiger partial charge in [-0.1, -0.05) is 29.8 Å². The lowest BCUT2D eigenvalue weighted by atomic mass is 10.1. The van der Waals surface area contributed by atoms with Gasteiger partial charge in [0, 0.05) is 25.1 Å². The molecule has 0 saturated heterocycles. The van der Waals surface area contributed by atoms with Crippen LogP contribution in [0.4, 0.5) is 5.82 Å². The summed E-state index contributed by atoms with van der Waals surface area (Å²) < 4.78 is 6.00. The average molecular weight is 388 g/mol. The quantitative estimate of drug-likeness (QED) is 0.326. The molecule has 0 fully saturated rings.